The predicted octanol–water partition coefficient (Wildman–Crippen LogP) is 4.98. The number of thiophene rings is 1. The average molecular weight is 431 g/mol. The van der Waals surface area contributed by atoms with Crippen molar-refractivity contribution in [2.75, 3.05) is 0 Å². The molecule has 0 amide bonds. The van der Waals surface area contributed by atoms with Gasteiger partial charge in [0, 0.05) is 27.4 Å². The first-order chi connectivity index (χ1) is 13.7. The number of rotatable bonds is 7. The zero-order chi connectivity index (χ0) is 21.3. The van der Waals surface area contributed by atoms with Gasteiger partial charge in [-0.05, 0) is 44.9 Å². The number of carboxylic acid groups (broad SMARTS) is 1. The van der Waals surface area contributed by atoms with E-state index >= 15 is 0 Å². The number of aromatic nitrogens is 3. The lowest BCUT2D eigenvalue weighted by atomic mass is 9.99. The summed E-state index contributed by atoms with van der Waals surface area (Å²) >= 11 is 7.57. The van der Waals surface area contributed by atoms with E-state index < -0.39 is 11.9 Å². The monoisotopic (exact) mass is 430 g/mol. The van der Waals surface area contributed by atoms with Gasteiger partial charge in [-0.25, -0.2) is 0 Å². The Morgan fingerprint density at radius 1 is 1.24 bits per heavy atom. The molecule has 0 aliphatic rings. The van der Waals surface area contributed by atoms with Gasteiger partial charge in [-0.3, -0.25) is 14.8 Å². The van der Waals surface area contributed by atoms with Gasteiger partial charge < -0.3 is 5.11 Å². The number of nitrogens with one attached hydrogen (secondary N) is 1. The Bertz CT molecular complexity index is 1070. The van der Waals surface area contributed by atoms with Crippen LogP contribution in [0.25, 0.3) is 5.00 Å². The minimum Gasteiger partial charge on any atom is -0.481 e. The van der Waals surface area contributed by atoms with E-state index in [4.69, 9.17) is 17.0 Å². The lowest BCUT2D eigenvalue weighted by Gasteiger charge is -2.14. The van der Waals surface area contributed by atoms with Crippen molar-refractivity contribution in [2.45, 2.75) is 40.5 Å². The van der Waals surface area contributed by atoms with E-state index in [-0.39, 0.29) is 6.42 Å². The molecule has 2 N–H and O–H groups in total. The first-order valence-electron chi connectivity index (χ1n) is 9.33. The van der Waals surface area contributed by atoms with Crippen molar-refractivity contribution in [1.29, 1.82) is 5.41 Å². The van der Waals surface area contributed by atoms with Crippen LogP contribution in [-0.4, -0.2) is 31.6 Å². The highest BCUT2D eigenvalue weighted by Gasteiger charge is 2.25. The van der Waals surface area contributed by atoms with Crippen LogP contribution >= 0.6 is 22.9 Å². The van der Waals surface area contributed by atoms with Crippen molar-refractivity contribution >= 4 is 34.6 Å². The Morgan fingerprint density at radius 2 is 1.90 bits per heavy atom. The highest BCUT2D eigenvalue weighted by Crippen LogP contribution is 2.34. The second-order valence-electron chi connectivity index (χ2n) is 6.99. The third-order valence-corrected chi connectivity index (χ3v) is 6.56. The van der Waals surface area contributed by atoms with E-state index in [1.54, 1.807) is 23.5 Å². The summed E-state index contributed by atoms with van der Waals surface area (Å²) in [6.07, 6.45) is 0.799. The molecule has 1 unspecified atom stereocenters. The highest BCUT2D eigenvalue weighted by molar-refractivity contribution is 7.15. The second-order valence-corrected chi connectivity index (χ2v) is 8.63. The van der Waals surface area contributed by atoms with E-state index in [1.165, 1.54) is 0 Å². The molecule has 2 aromatic heterocycles. The number of benzene rings is 1. The van der Waals surface area contributed by atoms with E-state index in [0.29, 0.717) is 28.8 Å². The van der Waals surface area contributed by atoms with Crippen molar-refractivity contribution in [2.24, 2.45) is 5.92 Å². The second kappa shape index (κ2) is 8.47. The number of nitrogens with zero attached hydrogens (tertiary/aromatic N) is 3. The van der Waals surface area contributed by atoms with Crippen LogP contribution in [0.15, 0.2) is 24.3 Å². The van der Waals surface area contributed by atoms with Crippen LogP contribution in [0.3, 0.4) is 0 Å². The standard InChI is InChI=1S/C21H23ClN4O2S/c1-5-14(21(27)28)10-17-25-24-13(4)26(17)20-18(11(2)12(3)29-20)19(23)15-6-8-16(22)9-7-15/h6-9,14,23H,5,10H2,1-4H3,(H,27,28). The van der Waals surface area contributed by atoms with Crippen LogP contribution in [0.5, 0.6) is 0 Å². The Morgan fingerprint density at radius 3 is 2.48 bits per heavy atom. The molecule has 3 aromatic rings. The zero-order valence-corrected chi connectivity index (χ0v) is 18.4. The molecule has 152 valence electrons. The van der Waals surface area contributed by atoms with Gasteiger partial charge in [0.2, 0.25) is 0 Å². The normalized spacial score (nSPS) is 12.2. The number of halogens is 1. The number of hydrogen-bond acceptors (Lipinski definition) is 5. The fraction of sp³-hybridized carbons (Fsp3) is 0.333. The predicted molar refractivity (Wildman–Crippen MR) is 116 cm³/mol. The Labute approximate surface area is 178 Å². The third kappa shape index (κ3) is 4.11. The van der Waals surface area contributed by atoms with Gasteiger partial charge in [-0.1, -0.05) is 30.7 Å². The molecule has 0 spiro atoms. The Balaban J connectivity index is 2.13. The molecule has 1 aromatic carbocycles. The lowest BCUT2D eigenvalue weighted by Crippen LogP contribution is -2.18. The van der Waals surface area contributed by atoms with Crippen LogP contribution < -0.4 is 0 Å². The molecule has 0 fully saturated rings. The van der Waals surface area contributed by atoms with Gasteiger partial charge in [0.25, 0.3) is 0 Å². The SMILES string of the molecule is CCC(Cc1nnc(C)n1-c1sc(C)c(C)c1C(=N)c1ccc(Cl)cc1)C(=O)O. The number of aliphatic carboxylic acids is 1. The van der Waals surface area contributed by atoms with Crippen molar-refractivity contribution in [3.8, 4) is 5.00 Å². The summed E-state index contributed by atoms with van der Waals surface area (Å²) < 4.78 is 1.90. The highest BCUT2D eigenvalue weighted by atomic mass is 35.5. The average Bonchev–Trinajstić information content (AvgIpc) is 3.18. The smallest absolute Gasteiger partial charge is 0.306 e. The summed E-state index contributed by atoms with van der Waals surface area (Å²) in [4.78, 5) is 12.6. The summed E-state index contributed by atoms with van der Waals surface area (Å²) in [5, 5.41) is 28.2. The lowest BCUT2D eigenvalue weighted by molar-refractivity contribution is -0.141. The van der Waals surface area contributed by atoms with Crippen LogP contribution in [-0.2, 0) is 11.2 Å². The molecule has 8 heteroatoms. The van der Waals surface area contributed by atoms with Crippen molar-refractivity contribution in [3.63, 3.8) is 0 Å². The van der Waals surface area contributed by atoms with Crippen LogP contribution in [0.4, 0.5) is 0 Å². The van der Waals surface area contributed by atoms with E-state index in [9.17, 15) is 9.90 Å². The number of hydrogen-bond donors (Lipinski definition) is 2. The van der Waals surface area contributed by atoms with Gasteiger partial charge in [0.15, 0.2) is 0 Å². The molecule has 0 bridgehead atoms. The molecular formula is C21H23ClN4O2S. The third-order valence-electron chi connectivity index (χ3n) is 5.12. The summed E-state index contributed by atoms with van der Waals surface area (Å²) in [5.74, 6) is -0.0964. The fourth-order valence-electron chi connectivity index (χ4n) is 3.25. The number of aryl methyl sites for hydroxylation is 2. The van der Waals surface area contributed by atoms with Gasteiger partial charge >= 0.3 is 5.97 Å². The summed E-state index contributed by atoms with van der Waals surface area (Å²) in [5.41, 5.74) is 2.99. The van der Waals surface area contributed by atoms with Gasteiger partial charge in [0.1, 0.15) is 16.6 Å². The molecule has 2 heterocycles. The molecule has 0 aliphatic carbocycles. The number of carboxylic acids is 1. The summed E-state index contributed by atoms with van der Waals surface area (Å²) in [7, 11) is 0. The zero-order valence-electron chi connectivity index (χ0n) is 16.8. The van der Waals surface area contributed by atoms with Crippen LogP contribution in [0.1, 0.15) is 46.6 Å². The topological polar surface area (TPSA) is 91.9 Å². The largest absolute Gasteiger partial charge is 0.481 e. The molecule has 0 saturated heterocycles. The quantitative estimate of drug-likeness (QED) is 0.517. The van der Waals surface area contributed by atoms with Gasteiger partial charge in [-0.2, -0.15) is 0 Å². The van der Waals surface area contributed by atoms with E-state index in [0.717, 1.165) is 26.6 Å². The van der Waals surface area contributed by atoms with Crippen molar-refractivity contribution in [1.82, 2.24) is 14.8 Å². The maximum absolute atomic E-state index is 11.5. The van der Waals surface area contributed by atoms with Crippen molar-refractivity contribution < 1.29 is 9.90 Å². The molecular weight excluding hydrogens is 408 g/mol. The van der Waals surface area contributed by atoms with E-state index in [2.05, 4.69) is 10.2 Å². The molecule has 1 atom stereocenters. The van der Waals surface area contributed by atoms with E-state index in [1.807, 2.05) is 44.4 Å². The molecule has 0 saturated carbocycles. The van der Waals surface area contributed by atoms with Crippen LogP contribution in [0, 0.1) is 32.1 Å². The first-order valence-corrected chi connectivity index (χ1v) is 10.5. The Hall–Kier alpha value is -2.51. The molecule has 0 radical (unpaired) electrons. The minimum absolute atomic E-state index is 0.288. The fourth-order valence-corrected chi connectivity index (χ4v) is 4.61. The molecule has 0 aliphatic heterocycles. The minimum atomic E-state index is -0.840. The summed E-state index contributed by atoms with van der Waals surface area (Å²) in [6, 6.07) is 7.21. The maximum atomic E-state index is 11.5. The van der Waals surface area contributed by atoms with Gasteiger partial charge in [-0.15, -0.1) is 21.5 Å². The molecule has 6 nitrogen and oxygen atoms in total. The Kier molecular flexibility index (Phi) is 6.19. The van der Waals surface area contributed by atoms with Gasteiger partial charge in [0.05, 0.1) is 11.6 Å². The number of carbonyl (C=O) groups is 1. The maximum Gasteiger partial charge on any atom is 0.306 e. The first kappa shape index (κ1) is 21.2. The summed E-state index contributed by atoms with van der Waals surface area (Å²) in [6.45, 7) is 7.72. The van der Waals surface area contributed by atoms with Crippen LogP contribution in [0.2, 0.25) is 5.02 Å². The molecule has 3 rings (SSSR count). The molecule has 29 heavy (non-hydrogen) atoms. The van der Waals surface area contributed by atoms with Crippen molar-refractivity contribution in [3.05, 3.63) is 62.5 Å².